The molecule has 4 rings (SSSR count). The van der Waals surface area contributed by atoms with Gasteiger partial charge in [0.1, 0.15) is 24.1 Å². The van der Waals surface area contributed by atoms with E-state index >= 15 is 0 Å². The molecule has 2 saturated heterocycles. The molecule has 14 atom stereocenters. The summed E-state index contributed by atoms with van der Waals surface area (Å²) in [6.07, 6.45) is 9.15. The first-order chi connectivity index (χ1) is 30.7. The van der Waals surface area contributed by atoms with Crippen LogP contribution in [0.3, 0.4) is 0 Å². The summed E-state index contributed by atoms with van der Waals surface area (Å²) in [4.78, 5) is 73.3. The largest absolute Gasteiger partial charge is 0.459 e. The second-order valence-electron chi connectivity index (χ2n) is 19.2. The molecule has 1 saturated carbocycles. The lowest BCUT2D eigenvalue weighted by Gasteiger charge is -2.44. The molecule has 15 heteroatoms. The highest BCUT2D eigenvalue weighted by Gasteiger charge is 2.53. The van der Waals surface area contributed by atoms with Crippen LogP contribution in [0.15, 0.2) is 47.6 Å². The number of allylic oxidation sites excluding steroid dienone is 6. The van der Waals surface area contributed by atoms with Gasteiger partial charge in [-0.2, -0.15) is 0 Å². The third kappa shape index (κ3) is 14.3. The molecule has 0 spiro atoms. The molecule has 0 aromatic heterocycles. The Hall–Kier alpha value is -3.41. The fourth-order valence-corrected chi connectivity index (χ4v) is 9.85. The molecule has 3 aliphatic heterocycles. The summed E-state index contributed by atoms with van der Waals surface area (Å²) in [6, 6.07) is 0. The lowest BCUT2D eigenvalue weighted by molar-refractivity contribution is -0.266. The van der Waals surface area contributed by atoms with Gasteiger partial charge in [-0.15, -0.1) is 0 Å². The van der Waals surface area contributed by atoms with E-state index in [4.69, 9.17) is 23.7 Å². The van der Waals surface area contributed by atoms with E-state index in [-0.39, 0.29) is 42.5 Å². The molecule has 3 heterocycles. The smallest absolute Gasteiger partial charge is 0.344 e. The summed E-state index contributed by atoms with van der Waals surface area (Å²) in [5.74, 6) is -7.82. The summed E-state index contributed by atoms with van der Waals surface area (Å²) in [5, 5.41) is 33.8. The molecule has 3 fully saturated rings. The number of carbonyl (C=O) groups excluding carboxylic acids is 5. The quantitative estimate of drug-likeness (QED) is 0.182. The van der Waals surface area contributed by atoms with Gasteiger partial charge in [-0.05, 0) is 102 Å². The van der Waals surface area contributed by atoms with E-state index in [1.807, 2.05) is 51.2 Å². The molecule has 0 aromatic carbocycles. The highest BCUT2D eigenvalue weighted by atomic mass is 16.6. The molecule has 1 aliphatic carbocycles. The first kappa shape index (κ1) is 54.2. The van der Waals surface area contributed by atoms with E-state index in [2.05, 4.69) is 0 Å². The van der Waals surface area contributed by atoms with Gasteiger partial charge in [0.05, 0.1) is 24.4 Å². The van der Waals surface area contributed by atoms with E-state index in [0.29, 0.717) is 69.9 Å². The second-order valence-corrected chi connectivity index (χ2v) is 19.2. The number of cyclic esters (lactones) is 1. The minimum Gasteiger partial charge on any atom is -0.459 e. The number of hydrogen-bond donors (Lipinski definition) is 3. The van der Waals surface area contributed by atoms with E-state index in [1.165, 1.54) is 7.11 Å². The molecule has 2 bridgehead atoms. The number of amides is 1. The number of ketones is 3. The number of esters is 1. The summed E-state index contributed by atoms with van der Waals surface area (Å²) >= 11 is 0. The van der Waals surface area contributed by atoms with Crippen molar-refractivity contribution in [3.63, 3.8) is 0 Å². The number of hydrogen-bond acceptors (Lipinski definition) is 14. The lowest BCUT2D eigenvalue weighted by atomic mass is 9.81. The normalized spacial score (nSPS) is 40.2. The third-order valence-corrected chi connectivity index (χ3v) is 14.1. The Labute approximate surface area is 386 Å². The van der Waals surface area contributed by atoms with Gasteiger partial charge in [0, 0.05) is 65.0 Å². The van der Waals surface area contributed by atoms with E-state index < -0.39 is 84.0 Å². The average molecular weight is 915 g/mol. The van der Waals surface area contributed by atoms with Gasteiger partial charge in [0.15, 0.2) is 11.9 Å². The molecule has 1 amide bonds. The number of aliphatic hydroxyl groups is 3. The van der Waals surface area contributed by atoms with Crippen LogP contribution in [0.4, 0.5) is 0 Å². The molecule has 0 aromatic rings. The van der Waals surface area contributed by atoms with Crippen molar-refractivity contribution in [3.05, 3.63) is 47.6 Å². The minimum atomic E-state index is -2.45. The Morgan fingerprint density at radius 1 is 0.831 bits per heavy atom. The fraction of sp³-hybridized carbons (Fsp3) is 0.740. The molecule has 4 aliphatic rings. The van der Waals surface area contributed by atoms with Crippen LogP contribution in [-0.2, 0) is 47.7 Å². The fourth-order valence-electron chi connectivity index (χ4n) is 9.85. The number of rotatable bonds is 6. The van der Waals surface area contributed by atoms with Gasteiger partial charge in [0.2, 0.25) is 5.79 Å². The van der Waals surface area contributed by atoms with Gasteiger partial charge < -0.3 is 43.9 Å². The molecule has 65 heavy (non-hydrogen) atoms. The Kier molecular flexibility index (Phi) is 20.9. The van der Waals surface area contributed by atoms with Crippen LogP contribution in [0.1, 0.15) is 112 Å². The molecular formula is C50H78N2O13. The van der Waals surface area contributed by atoms with Crippen molar-refractivity contribution in [1.82, 2.24) is 9.80 Å². The molecular weight excluding hydrogens is 837 g/mol. The SMILES string of the molecule is CO[C@H]1C[C@@H]2CC[C@@H](C)[C@@](O)(O2)C(=O)C(=O)N2CCCN(C)[C@H]2C(=O)O[C@H](CC[C@@H]2CC[C@@H](O)[C@H](OC)C2)CC(=O)[C@H](C)/C=C(\C)[C@@H](O)[C@@H](OC)C(=O)[C@H](C)C[C@H](C)/C=C/C=C/C=C/1C. The van der Waals surface area contributed by atoms with Crippen molar-refractivity contribution < 1.29 is 63.0 Å². The molecule has 15 nitrogen and oxygen atoms in total. The maximum absolute atomic E-state index is 14.4. The van der Waals surface area contributed by atoms with E-state index in [0.717, 1.165) is 16.9 Å². The zero-order chi connectivity index (χ0) is 48.2. The topological polar surface area (TPSA) is 199 Å². The van der Waals surface area contributed by atoms with Crippen LogP contribution < -0.4 is 0 Å². The van der Waals surface area contributed by atoms with Crippen LogP contribution in [0.5, 0.6) is 0 Å². The van der Waals surface area contributed by atoms with Crippen molar-refractivity contribution in [2.24, 2.45) is 29.6 Å². The summed E-state index contributed by atoms with van der Waals surface area (Å²) in [5.41, 5.74) is 1.25. The number of methoxy groups -OCH3 is 3. The van der Waals surface area contributed by atoms with E-state index in [1.54, 1.807) is 53.0 Å². The van der Waals surface area contributed by atoms with Crippen molar-refractivity contribution >= 4 is 29.2 Å². The maximum Gasteiger partial charge on any atom is 0.344 e. The van der Waals surface area contributed by atoms with Gasteiger partial charge in [-0.25, -0.2) is 4.79 Å². The minimum absolute atomic E-state index is 0.0175. The highest BCUT2D eigenvalue weighted by molar-refractivity contribution is 6.39. The Morgan fingerprint density at radius 3 is 2.23 bits per heavy atom. The Morgan fingerprint density at radius 2 is 1.55 bits per heavy atom. The van der Waals surface area contributed by atoms with Crippen LogP contribution in [0, 0.1) is 29.6 Å². The lowest BCUT2D eigenvalue weighted by Crippen LogP contribution is -2.64. The van der Waals surface area contributed by atoms with E-state index in [9.17, 15) is 39.3 Å². The maximum atomic E-state index is 14.4. The highest BCUT2D eigenvalue weighted by Crippen LogP contribution is 2.37. The van der Waals surface area contributed by atoms with Gasteiger partial charge in [-0.1, -0.05) is 64.2 Å². The van der Waals surface area contributed by atoms with Crippen molar-refractivity contribution in [3.8, 4) is 0 Å². The number of ether oxygens (including phenoxy) is 5. The van der Waals surface area contributed by atoms with Crippen LogP contribution in [-0.4, -0.2) is 150 Å². The average Bonchev–Trinajstić information content (AvgIpc) is 3.27. The number of aliphatic hydroxyl groups excluding tert-OH is 2. The standard InChI is InChI=1S/C50H78N2O13/c1-30-15-12-11-13-16-31(2)41(61-8)29-38-20-17-35(6)50(60,65-38)46(57)48(58)52-24-14-23-51(7)47(52)49(59)64-37(21-18-36-19-22-39(53)42(27-36)62-9)28-40(54)32(3)26-34(5)44(56)45(63-10)43(55)33(4)25-30/h11-13,15-16,26,30,32-33,35-39,41-42,44-45,47,53,56,60H,14,17-25,27-29H2,1-10H3/b13-11+,15-12+,31-16+,34-26+/t30-,32-,33-,35-,36-,37-,38+,39-,41+,42-,44-,45+,47-,50-/m1/s1. The third-order valence-electron chi connectivity index (χ3n) is 14.1. The predicted octanol–water partition coefficient (Wildman–Crippen LogP) is 5.04. The zero-order valence-electron chi connectivity index (χ0n) is 40.5. The predicted molar refractivity (Wildman–Crippen MR) is 244 cm³/mol. The number of carbonyl (C=O) groups is 5. The van der Waals surface area contributed by atoms with Crippen molar-refractivity contribution in [2.75, 3.05) is 41.5 Å². The van der Waals surface area contributed by atoms with Gasteiger partial charge in [-0.3, -0.25) is 24.1 Å². The van der Waals surface area contributed by atoms with Crippen LogP contribution in [0.25, 0.3) is 0 Å². The molecule has 0 unspecified atom stereocenters. The monoisotopic (exact) mass is 915 g/mol. The second kappa shape index (κ2) is 25.1. The first-order valence-corrected chi connectivity index (χ1v) is 23.6. The van der Waals surface area contributed by atoms with Gasteiger partial charge >= 0.3 is 5.97 Å². The molecule has 3 N–H and O–H groups in total. The summed E-state index contributed by atoms with van der Waals surface area (Å²) < 4.78 is 29.2. The summed E-state index contributed by atoms with van der Waals surface area (Å²) in [6.45, 7) is 11.2. The molecule has 366 valence electrons. The first-order valence-electron chi connectivity index (χ1n) is 23.6. The Bertz CT molecular complexity index is 1760. The summed E-state index contributed by atoms with van der Waals surface area (Å²) in [7, 11) is 6.15. The number of fused-ring (bicyclic) bond motifs is 3. The van der Waals surface area contributed by atoms with Crippen LogP contribution >= 0.6 is 0 Å². The van der Waals surface area contributed by atoms with Gasteiger partial charge in [0.25, 0.3) is 11.7 Å². The molecule has 0 radical (unpaired) electrons. The Balaban J connectivity index is 1.70. The number of Topliss-reactive ketones (excluding diaryl/α,β-unsaturated/α-hetero) is 3. The zero-order valence-corrected chi connectivity index (χ0v) is 40.5. The van der Waals surface area contributed by atoms with Crippen molar-refractivity contribution in [1.29, 1.82) is 0 Å². The van der Waals surface area contributed by atoms with Crippen molar-refractivity contribution in [2.45, 2.75) is 167 Å². The number of likely N-dealkylation sites (N-methyl/N-ethyl adjacent to an activating group) is 1. The number of nitrogens with zero attached hydrogens (tertiary/aromatic N) is 2. The van der Waals surface area contributed by atoms with Crippen LogP contribution in [0.2, 0.25) is 0 Å².